The molecule has 0 bridgehead atoms. The molecule has 6 heteroatoms. The molecule has 0 saturated heterocycles. The number of rotatable bonds is 6. The van der Waals surface area contributed by atoms with Crippen LogP contribution < -0.4 is 5.32 Å². The van der Waals surface area contributed by atoms with Crippen LogP contribution in [0.5, 0.6) is 0 Å². The van der Waals surface area contributed by atoms with Gasteiger partial charge in [-0.1, -0.05) is 6.42 Å². The Bertz CT molecular complexity index is 618. The Morgan fingerprint density at radius 3 is 3.00 bits per heavy atom. The highest BCUT2D eigenvalue weighted by molar-refractivity contribution is 7.14. The van der Waals surface area contributed by atoms with Crippen molar-refractivity contribution >= 4 is 22.2 Å². The largest absolute Gasteiger partial charge is 0.378 e. The van der Waals surface area contributed by atoms with Gasteiger partial charge in [-0.15, -0.1) is 11.3 Å². The zero-order valence-electron chi connectivity index (χ0n) is 13.7. The number of nitriles is 1. The van der Waals surface area contributed by atoms with E-state index in [9.17, 15) is 4.79 Å². The van der Waals surface area contributed by atoms with Gasteiger partial charge in [-0.3, -0.25) is 9.69 Å². The number of hydrogen-bond acceptors (Lipinski definition) is 5. The summed E-state index contributed by atoms with van der Waals surface area (Å²) in [5.74, 6) is -0.0548. The summed E-state index contributed by atoms with van der Waals surface area (Å²) in [7, 11) is 2.02. The fourth-order valence-electron chi connectivity index (χ4n) is 4.02. The van der Waals surface area contributed by atoms with Gasteiger partial charge < -0.3 is 10.1 Å². The van der Waals surface area contributed by atoms with Gasteiger partial charge in [0.05, 0.1) is 18.2 Å². The maximum absolute atomic E-state index is 12.3. The second kappa shape index (κ2) is 6.60. The lowest BCUT2D eigenvalue weighted by Gasteiger charge is -2.63. The molecule has 124 valence electrons. The summed E-state index contributed by atoms with van der Waals surface area (Å²) < 4.78 is 5.87. The number of nitrogens with zero attached hydrogens (tertiary/aromatic N) is 2. The molecule has 5 nitrogen and oxygen atoms in total. The van der Waals surface area contributed by atoms with Gasteiger partial charge >= 0.3 is 0 Å². The summed E-state index contributed by atoms with van der Waals surface area (Å²) in [6, 6.07) is 4.25. The minimum absolute atomic E-state index is 0.0548. The van der Waals surface area contributed by atoms with Gasteiger partial charge in [0.15, 0.2) is 0 Å². The number of anilines is 1. The van der Waals surface area contributed by atoms with Crippen LogP contribution in [0.2, 0.25) is 0 Å². The molecule has 2 aliphatic carbocycles. The molecule has 1 heterocycles. The molecule has 2 aliphatic rings. The first-order valence-electron chi connectivity index (χ1n) is 8.20. The van der Waals surface area contributed by atoms with Crippen LogP contribution in [0.1, 0.15) is 38.2 Å². The van der Waals surface area contributed by atoms with E-state index in [0.29, 0.717) is 29.3 Å². The Morgan fingerprint density at radius 1 is 1.61 bits per heavy atom. The molecule has 1 aromatic rings. The van der Waals surface area contributed by atoms with Crippen molar-refractivity contribution in [2.75, 3.05) is 25.5 Å². The third kappa shape index (κ3) is 2.89. The summed E-state index contributed by atoms with van der Waals surface area (Å²) in [4.78, 5) is 14.4. The predicted molar refractivity (Wildman–Crippen MR) is 90.4 cm³/mol. The molecule has 0 aromatic carbocycles. The highest BCUT2D eigenvalue weighted by Gasteiger charge is 2.60. The quantitative estimate of drug-likeness (QED) is 0.869. The Labute approximate surface area is 141 Å². The number of amides is 1. The van der Waals surface area contributed by atoms with E-state index >= 15 is 0 Å². The average molecular weight is 333 g/mol. The zero-order chi connectivity index (χ0) is 16.4. The normalized spacial score (nSPS) is 24.8. The molecule has 0 aliphatic heterocycles. The molecule has 3 rings (SSSR count). The van der Waals surface area contributed by atoms with Crippen molar-refractivity contribution in [2.45, 2.75) is 44.8 Å². The fraction of sp³-hybridized carbons (Fsp3) is 0.647. The standard InChI is InChI=1S/C17H23N3O2S/c1-3-22-14-9-13(17(14)6-4-7-17)20(2)11-15(21)19-16-12(10-18)5-8-23-16/h5,8,13-14H,3-4,6-7,9,11H2,1-2H3,(H,19,21). The fourth-order valence-corrected chi connectivity index (χ4v) is 4.77. The summed E-state index contributed by atoms with van der Waals surface area (Å²) in [5.41, 5.74) is 0.799. The predicted octanol–water partition coefficient (Wildman–Crippen LogP) is 2.84. The second-order valence-corrected chi connectivity index (χ2v) is 7.44. The molecule has 0 radical (unpaired) electrons. The SMILES string of the molecule is CCOC1CC(N(C)CC(=O)Nc2sccc2C#N)C12CCC2. The topological polar surface area (TPSA) is 65.4 Å². The lowest BCUT2D eigenvalue weighted by molar-refractivity contribution is -0.199. The summed E-state index contributed by atoms with van der Waals surface area (Å²) in [6.45, 7) is 3.16. The van der Waals surface area contributed by atoms with Gasteiger partial charge in [-0.25, -0.2) is 0 Å². The minimum Gasteiger partial charge on any atom is -0.378 e. The van der Waals surface area contributed by atoms with Crippen molar-refractivity contribution in [1.29, 1.82) is 5.26 Å². The van der Waals surface area contributed by atoms with E-state index in [1.165, 1.54) is 30.6 Å². The van der Waals surface area contributed by atoms with Crippen LogP contribution in [0.4, 0.5) is 5.00 Å². The van der Waals surface area contributed by atoms with Gasteiger partial charge in [-0.2, -0.15) is 5.26 Å². The van der Waals surface area contributed by atoms with Crippen molar-refractivity contribution in [3.63, 3.8) is 0 Å². The smallest absolute Gasteiger partial charge is 0.239 e. The van der Waals surface area contributed by atoms with E-state index in [4.69, 9.17) is 10.00 Å². The van der Waals surface area contributed by atoms with Gasteiger partial charge in [-0.05, 0) is 44.7 Å². The van der Waals surface area contributed by atoms with Crippen molar-refractivity contribution in [3.8, 4) is 6.07 Å². The minimum atomic E-state index is -0.0548. The van der Waals surface area contributed by atoms with Gasteiger partial charge in [0.1, 0.15) is 11.1 Å². The summed E-state index contributed by atoms with van der Waals surface area (Å²) >= 11 is 1.39. The van der Waals surface area contributed by atoms with E-state index in [1.807, 2.05) is 19.4 Å². The van der Waals surface area contributed by atoms with E-state index in [1.54, 1.807) is 6.07 Å². The zero-order valence-corrected chi connectivity index (χ0v) is 14.5. The third-order valence-corrected chi connectivity index (χ3v) is 6.19. The Morgan fingerprint density at radius 2 is 2.39 bits per heavy atom. The van der Waals surface area contributed by atoms with Crippen LogP contribution in [0.3, 0.4) is 0 Å². The molecule has 1 spiro atoms. The average Bonchev–Trinajstić information content (AvgIpc) is 2.88. The van der Waals surface area contributed by atoms with Crippen LogP contribution in [0, 0.1) is 16.7 Å². The molecule has 2 saturated carbocycles. The van der Waals surface area contributed by atoms with Crippen LogP contribution in [0.15, 0.2) is 11.4 Å². The van der Waals surface area contributed by atoms with Crippen LogP contribution in [-0.4, -0.2) is 43.2 Å². The number of carbonyl (C=O) groups is 1. The van der Waals surface area contributed by atoms with Crippen molar-refractivity contribution in [3.05, 3.63) is 17.0 Å². The first-order chi connectivity index (χ1) is 11.1. The Kier molecular flexibility index (Phi) is 4.72. The summed E-state index contributed by atoms with van der Waals surface area (Å²) in [6.07, 6.45) is 5.05. The number of hydrogen-bond donors (Lipinski definition) is 1. The molecule has 2 unspecified atom stereocenters. The third-order valence-electron chi connectivity index (χ3n) is 5.36. The number of carbonyl (C=O) groups excluding carboxylic acids is 1. The highest BCUT2D eigenvalue weighted by atomic mass is 32.1. The second-order valence-electron chi connectivity index (χ2n) is 6.52. The van der Waals surface area contributed by atoms with Crippen LogP contribution in [-0.2, 0) is 9.53 Å². The molecule has 1 aromatic heterocycles. The van der Waals surface area contributed by atoms with E-state index in [-0.39, 0.29) is 11.3 Å². The molecule has 2 atom stereocenters. The first-order valence-corrected chi connectivity index (χ1v) is 9.08. The van der Waals surface area contributed by atoms with E-state index < -0.39 is 0 Å². The molecule has 1 amide bonds. The van der Waals surface area contributed by atoms with Gasteiger partial charge in [0.2, 0.25) is 5.91 Å². The molecular weight excluding hydrogens is 310 g/mol. The van der Waals surface area contributed by atoms with Crippen molar-refractivity contribution in [1.82, 2.24) is 4.90 Å². The molecular formula is C17H23N3O2S. The van der Waals surface area contributed by atoms with Crippen molar-refractivity contribution < 1.29 is 9.53 Å². The maximum Gasteiger partial charge on any atom is 0.239 e. The molecule has 2 fully saturated rings. The lowest BCUT2D eigenvalue weighted by Crippen LogP contribution is -2.67. The Hall–Kier alpha value is -1.42. The molecule has 23 heavy (non-hydrogen) atoms. The number of likely N-dealkylation sites (N-methyl/N-ethyl adjacent to an activating group) is 1. The summed E-state index contributed by atoms with van der Waals surface area (Å²) in [5, 5.41) is 14.3. The lowest BCUT2D eigenvalue weighted by atomic mass is 9.50. The molecule has 1 N–H and O–H groups in total. The maximum atomic E-state index is 12.3. The van der Waals surface area contributed by atoms with E-state index in [0.717, 1.165) is 13.0 Å². The van der Waals surface area contributed by atoms with Crippen molar-refractivity contribution in [2.24, 2.45) is 5.41 Å². The monoisotopic (exact) mass is 333 g/mol. The number of ether oxygens (including phenoxy) is 1. The first kappa shape index (κ1) is 16.4. The Balaban J connectivity index is 1.56. The van der Waals surface area contributed by atoms with Gasteiger partial charge in [0, 0.05) is 18.1 Å². The van der Waals surface area contributed by atoms with Gasteiger partial charge in [0.25, 0.3) is 0 Å². The van der Waals surface area contributed by atoms with E-state index in [2.05, 4.69) is 16.3 Å². The number of nitrogens with one attached hydrogen (secondary N) is 1. The van der Waals surface area contributed by atoms with Crippen LogP contribution in [0.25, 0.3) is 0 Å². The highest BCUT2D eigenvalue weighted by Crippen LogP contribution is 2.58. The number of thiophene rings is 1. The van der Waals surface area contributed by atoms with Crippen LogP contribution >= 0.6 is 11.3 Å².